The number of ether oxygens (including phenoxy) is 3. The molecule has 0 spiro atoms. The van der Waals surface area contributed by atoms with Gasteiger partial charge in [0, 0.05) is 6.42 Å². The van der Waals surface area contributed by atoms with E-state index >= 15 is 0 Å². The average molecular weight is 584 g/mol. The summed E-state index contributed by atoms with van der Waals surface area (Å²) in [5.41, 5.74) is 0.541. The van der Waals surface area contributed by atoms with Crippen LogP contribution in [0.25, 0.3) is 0 Å². The molecule has 0 radical (unpaired) electrons. The molecule has 220 valence electrons. The second-order valence-corrected chi connectivity index (χ2v) is 8.04. The fraction of sp³-hybridized carbons (Fsp3) is 0.667. The van der Waals surface area contributed by atoms with Gasteiger partial charge in [-0.05, 0) is 31.0 Å². The number of hydrogen-bond acceptors (Lipinski definition) is 4. The van der Waals surface area contributed by atoms with E-state index in [-0.39, 0.29) is 19.0 Å². The van der Waals surface area contributed by atoms with E-state index in [0.29, 0.717) is 5.56 Å². The van der Waals surface area contributed by atoms with E-state index in [1.54, 1.807) is 6.92 Å². The zero-order valence-electron chi connectivity index (χ0n) is 19.5. The van der Waals surface area contributed by atoms with Gasteiger partial charge in [-0.25, -0.2) is 0 Å². The molecular weight excluding hydrogens is 563 g/mol. The first-order chi connectivity index (χ1) is 17.1. The summed E-state index contributed by atoms with van der Waals surface area (Å²) in [7, 11) is 1.19. The SMILES string of the molecule is COC(=O)[C@H](C)COCc1ccc(OCCCC(F)(F)C(F)(F)C(F)(F)C(F)(F)C(F)(F)C(F)(F)F)cc1. The summed E-state index contributed by atoms with van der Waals surface area (Å²) in [5, 5.41) is 0. The van der Waals surface area contributed by atoms with Crippen LogP contribution in [0.5, 0.6) is 5.75 Å². The quantitative estimate of drug-likeness (QED) is 0.136. The molecular formula is C21H21F13O4. The Balaban J connectivity index is 2.74. The molecule has 0 unspecified atom stereocenters. The number of carbonyl (C=O) groups excluding carboxylic acids is 1. The first-order valence-electron chi connectivity index (χ1n) is 10.4. The molecule has 0 fully saturated rings. The van der Waals surface area contributed by atoms with E-state index in [1.807, 2.05) is 0 Å². The lowest BCUT2D eigenvalue weighted by molar-refractivity contribution is -0.440. The highest BCUT2D eigenvalue weighted by atomic mass is 19.4. The minimum absolute atomic E-state index is 0.0165. The predicted molar refractivity (Wildman–Crippen MR) is 103 cm³/mol. The summed E-state index contributed by atoms with van der Waals surface area (Å²) in [5.74, 6) is -38.0. The third-order valence-corrected chi connectivity index (χ3v) is 5.07. The molecule has 0 bridgehead atoms. The normalized spacial score (nSPS) is 14.8. The lowest BCUT2D eigenvalue weighted by Crippen LogP contribution is -2.70. The minimum atomic E-state index is -7.91. The summed E-state index contributed by atoms with van der Waals surface area (Å²) in [6, 6.07) is 5.32. The summed E-state index contributed by atoms with van der Waals surface area (Å²) < 4.78 is 185. The van der Waals surface area contributed by atoms with Crippen molar-refractivity contribution in [1.29, 1.82) is 0 Å². The van der Waals surface area contributed by atoms with Crippen LogP contribution in [0.4, 0.5) is 57.1 Å². The van der Waals surface area contributed by atoms with Crippen LogP contribution in [-0.2, 0) is 20.9 Å². The number of rotatable bonds is 14. The van der Waals surface area contributed by atoms with Gasteiger partial charge in [-0.3, -0.25) is 4.79 Å². The Bertz CT molecular complexity index is 915. The molecule has 0 aliphatic heterocycles. The molecule has 1 atom stereocenters. The van der Waals surface area contributed by atoms with E-state index in [1.165, 1.54) is 31.4 Å². The van der Waals surface area contributed by atoms with Crippen LogP contribution in [-0.4, -0.2) is 62.1 Å². The second kappa shape index (κ2) is 11.7. The Morgan fingerprint density at radius 1 is 0.789 bits per heavy atom. The molecule has 0 heterocycles. The zero-order valence-corrected chi connectivity index (χ0v) is 19.5. The van der Waals surface area contributed by atoms with Crippen LogP contribution in [0.2, 0.25) is 0 Å². The van der Waals surface area contributed by atoms with Crippen LogP contribution in [0, 0.1) is 5.92 Å². The van der Waals surface area contributed by atoms with Crippen molar-refractivity contribution in [3.63, 3.8) is 0 Å². The summed E-state index contributed by atoms with van der Waals surface area (Å²) in [4.78, 5) is 11.3. The molecule has 1 rings (SSSR count). The fourth-order valence-corrected chi connectivity index (χ4v) is 2.75. The summed E-state index contributed by atoms with van der Waals surface area (Å²) >= 11 is 0. The van der Waals surface area contributed by atoms with Gasteiger partial charge in [0.2, 0.25) is 0 Å². The van der Waals surface area contributed by atoms with Gasteiger partial charge < -0.3 is 14.2 Å². The molecule has 0 aromatic heterocycles. The van der Waals surface area contributed by atoms with Crippen molar-refractivity contribution in [2.24, 2.45) is 5.92 Å². The Hall–Kier alpha value is -2.46. The standard InChI is InChI=1S/C21H21F13O4/c1-12(15(35)36-2)10-37-11-13-4-6-14(7-5-13)38-9-3-8-16(22,23)17(24,25)18(26,27)19(28,29)20(30,31)21(32,33)34/h4-7,12H,3,8-11H2,1-2H3/t12-/m1/s1. The number of alkyl halides is 13. The average Bonchev–Trinajstić information content (AvgIpc) is 2.80. The third-order valence-electron chi connectivity index (χ3n) is 5.07. The van der Waals surface area contributed by atoms with E-state index in [4.69, 9.17) is 9.47 Å². The van der Waals surface area contributed by atoms with Crippen LogP contribution in [0.1, 0.15) is 25.3 Å². The molecule has 17 heteroatoms. The maximum atomic E-state index is 13.8. The smallest absolute Gasteiger partial charge is 0.460 e. The largest absolute Gasteiger partial charge is 0.494 e. The lowest BCUT2D eigenvalue weighted by Gasteiger charge is -2.39. The minimum Gasteiger partial charge on any atom is -0.494 e. The lowest BCUT2D eigenvalue weighted by atomic mass is 9.92. The molecule has 38 heavy (non-hydrogen) atoms. The third kappa shape index (κ3) is 6.75. The van der Waals surface area contributed by atoms with Gasteiger partial charge in [0.1, 0.15) is 5.75 Å². The molecule has 0 aliphatic rings. The Morgan fingerprint density at radius 2 is 1.29 bits per heavy atom. The van der Waals surface area contributed by atoms with Crippen molar-refractivity contribution in [2.45, 2.75) is 62.2 Å². The van der Waals surface area contributed by atoms with Crippen molar-refractivity contribution < 1.29 is 76.1 Å². The summed E-state index contributed by atoms with van der Waals surface area (Å²) in [6.45, 7) is 0.712. The Labute approximate surface area is 207 Å². The van der Waals surface area contributed by atoms with Gasteiger partial charge in [-0.15, -0.1) is 0 Å². The molecule has 4 nitrogen and oxygen atoms in total. The molecule has 0 saturated carbocycles. The number of carbonyl (C=O) groups is 1. The summed E-state index contributed by atoms with van der Waals surface area (Å²) in [6.07, 6.45) is -11.0. The van der Waals surface area contributed by atoms with Crippen molar-refractivity contribution in [1.82, 2.24) is 0 Å². The van der Waals surface area contributed by atoms with E-state index in [9.17, 15) is 61.9 Å². The second-order valence-electron chi connectivity index (χ2n) is 8.04. The monoisotopic (exact) mass is 584 g/mol. The number of hydrogen-bond donors (Lipinski definition) is 0. The number of halogens is 13. The van der Waals surface area contributed by atoms with E-state index in [0.717, 1.165) is 0 Å². The van der Waals surface area contributed by atoms with Crippen molar-refractivity contribution >= 4 is 5.97 Å². The van der Waals surface area contributed by atoms with Crippen molar-refractivity contribution in [3.05, 3.63) is 29.8 Å². The van der Waals surface area contributed by atoms with Gasteiger partial charge in [0.15, 0.2) is 0 Å². The molecule has 1 aromatic carbocycles. The molecule has 0 aliphatic carbocycles. The number of benzene rings is 1. The van der Waals surface area contributed by atoms with Crippen LogP contribution in [0.15, 0.2) is 24.3 Å². The maximum absolute atomic E-state index is 13.8. The van der Waals surface area contributed by atoms with Crippen LogP contribution in [0.3, 0.4) is 0 Å². The maximum Gasteiger partial charge on any atom is 0.460 e. The topological polar surface area (TPSA) is 44.8 Å². The Kier molecular flexibility index (Phi) is 10.4. The van der Waals surface area contributed by atoms with Gasteiger partial charge in [-0.1, -0.05) is 12.1 Å². The highest BCUT2D eigenvalue weighted by Gasteiger charge is 2.90. The van der Waals surface area contributed by atoms with Gasteiger partial charge in [0.05, 0.1) is 32.8 Å². The molecule has 0 N–H and O–H groups in total. The van der Waals surface area contributed by atoms with Crippen LogP contribution >= 0.6 is 0 Å². The predicted octanol–water partition coefficient (Wildman–Crippen LogP) is 6.91. The highest BCUT2D eigenvalue weighted by molar-refractivity contribution is 5.71. The number of methoxy groups -OCH3 is 1. The first-order valence-corrected chi connectivity index (χ1v) is 10.4. The van der Waals surface area contributed by atoms with E-state index < -0.39 is 67.1 Å². The van der Waals surface area contributed by atoms with Gasteiger partial charge in [-0.2, -0.15) is 57.1 Å². The molecule has 1 aromatic rings. The van der Waals surface area contributed by atoms with Crippen molar-refractivity contribution in [3.8, 4) is 5.75 Å². The van der Waals surface area contributed by atoms with Crippen LogP contribution < -0.4 is 4.74 Å². The first kappa shape index (κ1) is 33.6. The molecule has 0 saturated heterocycles. The Morgan fingerprint density at radius 3 is 1.76 bits per heavy atom. The highest BCUT2D eigenvalue weighted by Crippen LogP contribution is 2.60. The van der Waals surface area contributed by atoms with Gasteiger partial charge in [0.25, 0.3) is 0 Å². The zero-order chi connectivity index (χ0) is 29.8. The van der Waals surface area contributed by atoms with Crippen molar-refractivity contribution in [2.75, 3.05) is 20.3 Å². The van der Waals surface area contributed by atoms with Gasteiger partial charge >= 0.3 is 41.8 Å². The molecule has 0 amide bonds. The fourth-order valence-electron chi connectivity index (χ4n) is 2.75. The van der Waals surface area contributed by atoms with E-state index in [2.05, 4.69) is 4.74 Å². The number of esters is 1.